The van der Waals surface area contributed by atoms with Crippen molar-refractivity contribution >= 4 is 32.7 Å². The Kier molecular flexibility index (Phi) is 6.05. The Morgan fingerprint density at radius 1 is 0.941 bits per heavy atom. The molecule has 1 fully saturated rings. The lowest BCUT2D eigenvalue weighted by Gasteiger charge is -2.36. The van der Waals surface area contributed by atoms with Crippen molar-refractivity contribution in [2.24, 2.45) is 0 Å². The van der Waals surface area contributed by atoms with Gasteiger partial charge in [-0.1, -0.05) is 6.07 Å². The Labute approximate surface area is 198 Å². The summed E-state index contributed by atoms with van der Waals surface area (Å²) >= 11 is 0. The number of aromatic nitrogens is 2. The van der Waals surface area contributed by atoms with Gasteiger partial charge in [-0.2, -0.15) is 4.31 Å². The molecule has 0 spiro atoms. The van der Waals surface area contributed by atoms with Crippen LogP contribution in [0.25, 0.3) is 11.0 Å². The molecule has 1 aliphatic heterocycles. The van der Waals surface area contributed by atoms with Gasteiger partial charge in [0.2, 0.25) is 15.9 Å². The van der Waals surface area contributed by atoms with E-state index in [4.69, 9.17) is 0 Å². The highest BCUT2D eigenvalue weighted by Crippen LogP contribution is 2.26. The molecule has 0 saturated carbocycles. The molecule has 1 aromatic heterocycles. The Hall–Kier alpha value is -2.95. The van der Waals surface area contributed by atoms with Crippen molar-refractivity contribution in [1.82, 2.24) is 19.2 Å². The van der Waals surface area contributed by atoms with Gasteiger partial charge >= 0.3 is 5.69 Å². The van der Waals surface area contributed by atoms with Crippen LogP contribution >= 0.6 is 0 Å². The second-order valence-electron chi connectivity index (χ2n) is 9.08. The molecule has 3 aromatic rings. The first-order valence-corrected chi connectivity index (χ1v) is 13.1. The Morgan fingerprint density at radius 2 is 1.65 bits per heavy atom. The summed E-state index contributed by atoms with van der Waals surface area (Å²) in [6.07, 6.45) is 4.22. The van der Waals surface area contributed by atoms with E-state index in [0.29, 0.717) is 47.8 Å². The first kappa shape index (κ1) is 22.8. The summed E-state index contributed by atoms with van der Waals surface area (Å²) in [6, 6.07) is 10.3. The molecule has 1 aliphatic carbocycles. The maximum absolute atomic E-state index is 13.2. The number of aryl methyl sites for hydroxylation is 2. The smallest absolute Gasteiger partial charge is 0.323 e. The number of sulfonamides is 1. The van der Waals surface area contributed by atoms with Crippen molar-refractivity contribution in [3.8, 4) is 0 Å². The zero-order valence-electron chi connectivity index (χ0n) is 19.1. The van der Waals surface area contributed by atoms with E-state index in [1.165, 1.54) is 9.87 Å². The van der Waals surface area contributed by atoms with Gasteiger partial charge < -0.3 is 15.3 Å². The van der Waals surface area contributed by atoms with Crippen molar-refractivity contribution in [1.29, 1.82) is 0 Å². The molecule has 0 radical (unpaired) electrons. The lowest BCUT2D eigenvalue weighted by Crippen LogP contribution is -2.53. The summed E-state index contributed by atoms with van der Waals surface area (Å²) in [7, 11) is -3.56. The number of carbonyl (C=O) groups is 1. The number of H-pyrrole nitrogens is 2. The third-order valence-electron chi connectivity index (χ3n) is 6.94. The average molecular weight is 484 g/mol. The lowest BCUT2D eigenvalue weighted by atomic mass is 9.92. The summed E-state index contributed by atoms with van der Waals surface area (Å²) in [6.45, 7) is 3.45. The summed E-state index contributed by atoms with van der Waals surface area (Å²) in [5.74, 6) is -0.178. The molecule has 3 N–H and O–H groups in total. The van der Waals surface area contributed by atoms with Gasteiger partial charge in [0, 0.05) is 31.9 Å². The molecule has 2 aliphatic rings. The number of imidazole rings is 1. The minimum Gasteiger partial charge on any atom is -0.325 e. The summed E-state index contributed by atoms with van der Waals surface area (Å²) < 4.78 is 28.0. The highest BCUT2D eigenvalue weighted by atomic mass is 32.2. The number of fused-ring (bicyclic) bond motifs is 2. The number of nitrogens with zero attached hydrogens (tertiary/aromatic N) is 2. The van der Waals surface area contributed by atoms with E-state index in [0.717, 1.165) is 31.2 Å². The molecule has 10 heteroatoms. The zero-order valence-corrected chi connectivity index (χ0v) is 20.0. The quantitative estimate of drug-likeness (QED) is 0.513. The van der Waals surface area contributed by atoms with Crippen molar-refractivity contribution in [3.63, 3.8) is 0 Å². The van der Waals surface area contributed by atoms with Crippen LogP contribution in [0, 0.1) is 0 Å². The number of aromatic amines is 2. The predicted octanol–water partition coefficient (Wildman–Crippen LogP) is 2.07. The topological polar surface area (TPSA) is 118 Å². The Bertz CT molecular complexity index is 1390. The van der Waals surface area contributed by atoms with Crippen LogP contribution < -0.4 is 11.0 Å². The van der Waals surface area contributed by atoms with Crippen LogP contribution in [0.1, 0.15) is 30.9 Å². The summed E-state index contributed by atoms with van der Waals surface area (Å²) in [5.41, 5.74) is 4.00. The van der Waals surface area contributed by atoms with Gasteiger partial charge in [0.05, 0.1) is 22.0 Å². The van der Waals surface area contributed by atoms with Crippen LogP contribution in [-0.2, 0) is 27.7 Å². The van der Waals surface area contributed by atoms with Gasteiger partial charge in [-0.15, -0.1) is 0 Å². The molecule has 34 heavy (non-hydrogen) atoms. The monoisotopic (exact) mass is 483 g/mol. The van der Waals surface area contributed by atoms with Crippen LogP contribution in [-0.4, -0.2) is 65.7 Å². The number of rotatable bonds is 5. The number of anilines is 1. The van der Waals surface area contributed by atoms with Crippen LogP contribution in [0.2, 0.25) is 0 Å². The number of benzene rings is 2. The molecule has 0 bridgehead atoms. The lowest BCUT2D eigenvalue weighted by molar-refractivity contribution is -0.121. The third kappa shape index (κ3) is 4.40. The largest absolute Gasteiger partial charge is 0.325 e. The molecule has 1 saturated heterocycles. The summed E-state index contributed by atoms with van der Waals surface area (Å²) in [5, 5.41) is 2.89. The number of hydrogen-bond acceptors (Lipinski definition) is 5. The highest BCUT2D eigenvalue weighted by Gasteiger charge is 2.32. The second kappa shape index (κ2) is 9.01. The molecule has 2 aromatic carbocycles. The molecule has 1 amide bonds. The van der Waals surface area contributed by atoms with Gasteiger partial charge in [0.15, 0.2) is 0 Å². The van der Waals surface area contributed by atoms with E-state index in [2.05, 4.69) is 15.3 Å². The van der Waals surface area contributed by atoms with Crippen molar-refractivity contribution in [2.45, 2.75) is 43.5 Å². The molecular formula is C24H29N5O4S. The first-order chi connectivity index (χ1) is 16.3. The Morgan fingerprint density at radius 3 is 2.41 bits per heavy atom. The van der Waals surface area contributed by atoms with Crippen molar-refractivity contribution in [3.05, 3.63) is 58.0 Å². The second-order valence-corrected chi connectivity index (χ2v) is 11.0. The van der Waals surface area contributed by atoms with Crippen LogP contribution in [0.15, 0.2) is 46.1 Å². The van der Waals surface area contributed by atoms with E-state index in [1.807, 2.05) is 24.0 Å². The number of piperazine rings is 1. The number of carbonyl (C=O) groups excluding carboxylic acids is 1. The average Bonchev–Trinajstić information content (AvgIpc) is 3.22. The molecule has 0 unspecified atom stereocenters. The van der Waals surface area contributed by atoms with E-state index in [9.17, 15) is 18.0 Å². The first-order valence-electron chi connectivity index (χ1n) is 11.7. The predicted molar refractivity (Wildman–Crippen MR) is 130 cm³/mol. The maximum atomic E-state index is 13.2. The number of nitrogens with one attached hydrogen (secondary N) is 3. The molecule has 1 atom stereocenters. The van der Waals surface area contributed by atoms with Gasteiger partial charge in [-0.3, -0.25) is 9.69 Å². The fourth-order valence-electron chi connectivity index (χ4n) is 4.87. The zero-order chi connectivity index (χ0) is 23.9. The number of amides is 1. The molecule has 5 rings (SSSR count). The van der Waals surface area contributed by atoms with Gasteiger partial charge in [0.25, 0.3) is 0 Å². The highest BCUT2D eigenvalue weighted by molar-refractivity contribution is 7.89. The SMILES string of the molecule is C[C@@H](C(=O)Nc1ccc2[nH]c(=O)[nH]c2c1)N1CCN(S(=O)(=O)c2ccc3c(c2)CCCC3)CC1. The van der Waals surface area contributed by atoms with Crippen molar-refractivity contribution < 1.29 is 13.2 Å². The van der Waals surface area contributed by atoms with Crippen LogP contribution in [0.4, 0.5) is 5.69 Å². The fourth-order valence-corrected chi connectivity index (χ4v) is 6.35. The molecular weight excluding hydrogens is 454 g/mol. The van der Waals surface area contributed by atoms with Gasteiger partial charge in [-0.25, -0.2) is 13.2 Å². The van der Waals surface area contributed by atoms with E-state index in [-0.39, 0.29) is 11.6 Å². The van der Waals surface area contributed by atoms with E-state index in [1.54, 1.807) is 24.3 Å². The normalized spacial score (nSPS) is 18.5. The van der Waals surface area contributed by atoms with Gasteiger partial charge in [0.1, 0.15) is 0 Å². The minimum absolute atomic E-state index is 0.178. The molecule has 2 heterocycles. The molecule has 9 nitrogen and oxygen atoms in total. The van der Waals surface area contributed by atoms with Gasteiger partial charge in [-0.05, 0) is 74.1 Å². The minimum atomic E-state index is -3.56. The third-order valence-corrected chi connectivity index (χ3v) is 8.84. The number of hydrogen-bond donors (Lipinski definition) is 3. The van der Waals surface area contributed by atoms with E-state index >= 15 is 0 Å². The summed E-state index contributed by atoms with van der Waals surface area (Å²) in [4.78, 5) is 32.0. The Balaban J connectivity index is 1.21. The van der Waals surface area contributed by atoms with E-state index < -0.39 is 16.1 Å². The van der Waals surface area contributed by atoms with Crippen LogP contribution in [0.3, 0.4) is 0 Å². The van der Waals surface area contributed by atoms with Crippen LogP contribution in [0.5, 0.6) is 0 Å². The maximum Gasteiger partial charge on any atom is 0.323 e. The standard InChI is InChI=1S/C24H29N5O4S/c1-16(23(30)25-19-7-9-21-22(15-19)27-24(31)26-21)28-10-12-29(13-11-28)34(32,33)20-8-6-17-4-2-3-5-18(17)14-20/h6-9,14-16H,2-5,10-13H2,1H3,(H,25,30)(H2,26,27,31)/t16-/m0/s1. The fraction of sp³-hybridized carbons (Fsp3) is 0.417. The van der Waals surface area contributed by atoms with Crippen molar-refractivity contribution in [2.75, 3.05) is 31.5 Å². The molecule has 180 valence electrons.